The van der Waals surface area contributed by atoms with E-state index in [0.29, 0.717) is 10.6 Å². The zero-order chi connectivity index (χ0) is 18.7. The number of carbonyl (C=O) groups is 1. The molecule has 0 saturated heterocycles. The van der Waals surface area contributed by atoms with Crippen LogP contribution >= 0.6 is 11.3 Å². The van der Waals surface area contributed by atoms with Gasteiger partial charge in [-0.1, -0.05) is 18.2 Å². The number of esters is 1. The Morgan fingerprint density at radius 2 is 2.08 bits per heavy atom. The second kappa shape index (κ2) is 7.28. The van der Waals surface area contributed by atoms with Crippen LogP contribution in [0.25, 0.3) is 11.3 Å². The largest absolute Gasteiger partial charge is 0.462 e. The standard InChI is InChI=1S/C17H14F3N3O2S/c1-2-25-16(24)11-7-21-23(8-11)9-15-22-14(10-26-15)12-5-3-4-6-13(12)17(18,19)20/h3-8,10H,2,9H2,1H3. The molecular formula is C17H14F3N3O2S. The number of thiazole rings is 1. The summed E-state index contributed by atoms with van der Waals surface area (Å²) in [5.41, 5.74) is -0.113. The van der Waals surface area contributed by atoms with Gasteiger partial charge in [0.25, 0.3) is 0 Å². The van der Waals surface area contributed by atoms with Gasteiger partial charge in [0.15, 0.2) is 0 Å². The molecule has 1 aromatic carbocycles. The van der Waals surface area contributed by atoms with E-state index < -0.39 is 17.7 Å². The molecule has 26 heavy (non-hydrogen) atoms. The van der Waals surface area contributed by atoms with Crippen LogP contribution in [0.4, 0.5) is 13.2 Å². The fraction of sp³-hybridized carbons (Fsp3) is 0.235. The van der Waals surface area contributed by atoms with E-state index in [0.717, 1.165) is 6.07 Å². The van der Waals surface area contributed by atoms with Gasteiger partial charge in [-0.2, -0.15) is 18.3 Å². The highest BCUT2D eigenvalue weighted by Gasteiger charge is 2.33. The number of benzene rings is 1. The fourth-order valence-corrected chi connectivity index (χ4v) is 3.15. The first kappa shape index (κ1) is 18.1. The predicted molar refractivity (Wildman–Crippen MR) is 89.8 cm³/mol. The third-order valence-corrected chi connectivity index (χ3v) is 4.34. The van der Waals surface area contributed by atoms with Gasteiger partial charge in [0.2, 0.25) is 0 Å². The lowest BCUT2D eigenvalue weighted by Gasteiger charge is -2.10. The molecule has 0 spiro atoms. The zero-order valence-electron chi connectivity index (χ0n) is 13.7. The molecular weight excluding hydrogens is 367 g/mol. The van der Waals surface area contributed by atoms with E-state index in [1.54, 1.807) is 18.4 Å². The number of alkyl halides is 3. The van der Waals surface area contributed by atoms with Crippen molar-refractivity contribution in [2.75, 3.05) is 6.61 Å². The molecule has 3 rings (SSSR count). The maximum absolute atomic E-state index is 13.1. The predicted octanol–water partition coefficient (Wildman–Crippen LogP) is 4.25. The summed E-state index contributed by atoms with van der Waals surface area (Å²) in [5, 5.41) is 6.21. The summed E-state index contributed by atoms with van der Waals surface area (Å²) in [5.74, 6) is -0.474. The Hall–Kier alpha value is -2.68. The van der Waals surface area contributed by atoms with Gasteiger partial charge >= 0.3 is 12.1 Å². The first-order chi connectivity index (χ1) is 12.4. The monoisotopic (exact) mass is 381 g/mol. The van der Waals surface area contributed by atoms with Gasteiger partial charge in [0.1, 0.15) is 5.01 Å². The molecule has 0 saturated carbocycles. The summed E-state index contributed by atoms with van der Waals surface area (Å²) in [4.78, 5) is 15.9. The number of hydrogen-bond donors (Lipinski definition) is 0. The highest BCUT2D eigenvalue weighted by atomic mass is 32.1. The average Bonchev–Trinajstić information content (AvgIpc) is 3.24. The summed E-state index contributed by atoms with van der Waals surface area (Å²) >= 11 is 1.23. The molecule has 0 aliphatic rings. The van der Waals surface area contributed by atoms with Gasteiger partial charge in [-0.25, -0.2) is 9.78 Å². The van der Waals surface area contributed by atoms with E-state index in [9.17, 15) is 18.0 Å². The summed E-state index contributed by atoms with van der Waals surface area (Å²) in [7, 11) is 0. The van der Waals surface area contributed by atoms with Crippen molar-refractivity contribution in [1.29, 1.82) is 0 Å². The highest BCUT2D eigenvalue weighted by Crippen LogP contribution is 2.37. The molecule has 5 nitrogen and oxygen atoms in total. The molecule has 0 fully saturated rings. The number of rotatable bonds is 5. The van der Waals surface area contributed by atoms with Gasteiger partial charge in [-0.3, -0.25) is 4.68 Å². The topological polar surface area (TPSA) is 57.0 Å². The van der Waals surface area contributed by atoms with Crippen molar-refractivity contribution >= 4 is 17.3 Å². The summed E-state index contributed by atoms with van der Waals surface area (Å²) in [6, 6.07) is 5.32. The van der Waals surface area contributed by atoms with Crippen LogP contribution in [0, 0.1) is 0 Å². The van der Waals surface area contributed by atoms with Gasteiger partial charge in [-0.05, 0) is 13.0 Å². The van der Waals surface area contributed by atoms with Crippen LogP contribution in [0.2, 0.25) is 0 Å². The van der Waals surface area contributed by atoms with E-state index in [4.69, 9.17) is 4.74 Å². The zero-order valence-corrected chi connectivity index (χ0v) is 14.5. The Bertz CT molecular complexity index is 918. The van der Waals surface area contributed by atoms with Crippen molar-refractivity contribution in [3.05, 3.63) is 58.2 Å². The maximum Gasteiger partial charge on any atom is 0.417 e. The Labute approximate surface area is 151 Å². The van der Waals surface area contributed by atoms with E-state index in [1.807, 2.05) is 0 Å². The number of hydrogen-bond acceptors (Lipinski definition) is 5. The van der Waals surface area contributed by atoms with Crippen molar-refractivity contribution in [2.45, 2.75) is 19.6 Å². The minimum Gasteiger partial charge on any atom is -0.462 e. The molecule has 0 radical (unpaired) electrons. The van der Waals surface area contributed by atoms with Crippen LogP contribution in [0.1, 0.15) is 27.9 Å². The van der Waals surface area contributed by atoms with E-state index in [2.05, 4.69) is 10.1 Å². The molecule has 0 unspecified atom stereocenters. The number of nitrogens with zero attached hydrogens (tertiary/aromatic N) is 3. The third-order valence-electron chi connectivity index (χ3n) is 3.50. The Morgan fingerprint density at radius 3 is 2.81 bits per heavy atom. The minimum absolute atomic E-state index is 0.0372. The average molecular weight is 381 g/mol. The molecule has 0 atom stereocenters. The van der Waals surface area contributed by atoms with Crippen LogP contribution in [0.5, 0.6) is 0 Å². The molecule has 2 heterocycles. The van der Waals surface area contributed by atoms with Crippen molar-refractivity contribution < 1.29 is 22.7 Å². The Kier molecular flexibility index (Phi) is 5.08. The van der Waals surface area contributed by atoms with Gasteiger partial charge in [0.05, 0.1) is 36.2 Å². The van der Waals surface area contributed by atoms with E-state index in [1.165, 1.54) is 40.5 Å². The van der Waals surface area contributed by atoms with Gasteiger partial charge in [0, 0.05) is 17.1 Å². The normalized spacial score (nSPS) is 11.5. The van der Waals surface area contributed by atoms with E-state index >= 15 is 0 Å². The highest BCUT2D eigenvalue weighted by molar-refractivity contribution is 7.09. The Balaban J connectivity index is 1.81. The van der Waals surface area contributed by atoms with Crippen LogP contribution in [-0.4, -0.2) is 27.3 Å². The van der Waals surface area contributed by atoms with Crippen molar-refractivity contribution in [1.82, 2.24) is 14.8 Å². The molecule has 2 aromatic heterocycles. The van der Waals surface area contributed by atoms with Crippen molar-refractivity contribution in [3.63, 3.8) is 0 Å². The lowest BCUT2D eigenvalue weighted by molar-refractivity contribution is -0.137. The molecule has 3 aromatic rings. The van der Waals surface area contributed by atoms with Crippen LogP contribution in [0.3, 0.4) is 0 Å². The van der Waals surface area contributed by atoms with Crippen molar-refractivity contribution in [3.8, 4) is 11.3 Å². The van der Waals surface area contributed by atoms with Gasteiger partial charge in [-0.15, -0.1) is 11.3 Å². The molecule has 0 aliphatic heterocycles. The minimum atomic E-state index is -4.45. The Morgan fingerprint density at radius 1 is 1.31 bits per heavy atom. The van der Waals surface area contributed by atoms with Crippen molar-refractivity contribution in [2.24, 2.45) is 0 Å². The van der Waals surface area contributed by atoms with Crippen LogP contribution in [0.15, 0.2) is 42.0 Å². The smallest absolute Gasteiger partial charge is 0.417 e. The second-order valence-corrected chi connectivity index (χ2v) is 6.26. The molecule has 0 N–H and O–H groups in total. The second-order valence-electron chi connectivity index (χ2n) is 5.32. The number of halogens is 3. The fourth-order valence-electron chi connectivity index (χ4n) is 2.37. The number of carbonyl (C=O) groups excluding carboxylic acids is 1. The summed E-state index contributed by atoms with van der Waals surface area (Å²) in [6.07, 6.45) is -1.55. The molecule has 0 bridgehead atoms. The summed E-state index contributed by atoms with van der Waals surface area (Å²) in [6.45, 7) is 2.22. The lowest BCUT2D eigenvalue weighted by atomic mass is 10.1. The van der Waals surface area contributed by atoms with Crippen LogP contribution < -0.4 is 0 Å². The first-order valence-corrected chi connectivity index (χ1v) is 8.57. The summed E-state index contributed by atoms with van der Waals surface area (Å²) < 4.78 is 45.8. The number of ether oxygens (including phenoxy) is 1. The van der Waals surface area contributed by atoms with E-state index in [-0.39, 0.29) is 24.4 Å². The lowest BCUT2D eigenvalue weighted by Crippen LogP contribution is -2.07. The molecule has 0 aliphatic carbocycles. The number of aromatic nitrogens is 3. The molecule has 0 amide bonds. The van der Waals surface area contributed by atoms with Gasteiger partial charge < -0.3 is 4.74 Å². The maximum atomic E-state index is 13.1. The first-order valence-electron chi connectivity index (χ1n) is 7.69. The SMILES string of the molecule is CCOC(=O)c1cnn(Cc2nc(-c3ccccc3C(F)(F)F)cs2)c1. The quantitative estimate of drug-likeness (QED) is 0.620. The van der Waals surface area contributed by atoms with Crippen LogP contribution in [-0.2, 0) is 17.5 Å². The third kappa shape index (κ3) is 3.93. The molecule has 9 heteroatoms. The molecule has 136 valence electrons.